The Balaban J connectivity index is 2.10. The van der Waals surface area contributed by atoms with Gasteiger partial charge in [-0.2, -0.15) is 4.98 Å². The van der Waals surface area contributed by atoms with Crippen LogP contribution in [0.4, 0.5) is 0 Å². The highest BCUT2D eigenvalue weighted by Crippen LogP contribution is 2.34. The molecule has 0 bridgehead atoms. The lowest BCUT2D eigenvalue weighted by molar-refractivity contribution is 0.00871. The zero-order chi connectivity index (χ0) is 14.2. The molecule has 2 heterocycles. The summed E-state index contributed by atoms with van der Waals surface area (Å²) in [7, 11) is 0. The summed E-state index contributed by atoms with van der Waals surface area (Å²) in [5.41, 5.74) is -0.138. The van der Waals surface area contributed by atoms with Crippen LogP contribution in [0.3, 0.4) is 0 Å². The molecule has 1 aliphatic rings. The van der Waals surface area contributed by atoms with E-state index in [2.05, 4.69) is 9.97 Å². The van der Waals surface area contributed by atoms with Gasteiger partial charge in [0.15, 0.2) is 0 Å². The SMILES string of the molecule is CC1(c2nc(O)c(-c3ccccc3)c(=O)[nH]2)CCCO1. The predicted octanol–water partition coefficient (Wildman–Crippen LogP) is 2.17. The van der Waals surface area contributed by atoms with Gasteiger partial charge in [-0.1, -0.05) is 30.3 Å². The molecule has 0 aliphatic carbocycles. The molecule has 1 atom stereocenters. The largest absolute Gasteiger partial charge is 0.493 e. The zero-order valence-corrected chi connectivity index (χ0v) is 11.2. The fourth-order valence-electron chi connectivity index (χ4n) is 2.54. The van der Waals surface area contributed by atoms with E-state index < -0.39 is 5.60 Å². The Morgan fingerprint density at radius 3 is 2.70 bits per heavy atom. The molecular weight excluding hydrogens is 256 g/mol. The molecule has 0 amide bonds. The molecule has 1 aliphatic heterocycles. The van der Waals surface area contributed by atoms with E-state index >= 15 is 0 Å². The average molecular weight is 272 g/mol. The van der Waals surface area contributed by atoms with Crippen molar-refractivity contribution >= 4 is 0 Å². The van der Waals surface area contributed by atoms with Gasteiger partial charge in [0.1, 0.15) is 17.0 Å². The van der Waals surface area contributed by atoms with Crippen LogP contribution in [0, 0.1) is 0 Å². The number of hydrogen-bond acceptors (Lipinski definition) is 4. The molecular formula is C15H16N2O3. The van der Waals surface area contributed by atoms with E-state index in [1.165, 1.54) is 0 Å². The van der Waals surface area contributed by atoms with E-state index in [0.29, 0.717) is 18.0 Å². The van der Waals surface area contributed by atoms with Crippen molar-refractivity contribution < 1.29 is 9.84 Å². The van der Waals surface area contributed by atoms with Crippen LogP contribution in [0.5, 0.6) is 5.88 Å². The van der Waals surface area contributed by atoms with Crippen molar-refractivity contribution in [2.45, 2.75) is 25.4 Å². The van der Waals surface area contributed by atoms with Crippen LogP contribution in [-0.2, 0) is 10.3 Å². The Morgan fingerprint density at radius 1 is 1.35 bits per heavy atom. The summed E-state index contributed by atoms with van der Waals surface area (Å²) in [6.45, 7) is 2.52. The van der Waals surface area contributed by atoms with Gasteiger partial charge in [-0.05, 0) is 25.3 Å². The number of rotatable bonds is 2. The van der Waals surface area contributed by atoms with Crippen LogP contribution >= 0.6 is 0 Å². The van der Waals surface area contributed by atoms with Crippen LogP contribution in [-0.4, -0.2) is 21.7 Å². The molecule has 1 fully saturated rings. The molecule has 1 aromatic heterocycles. The number of H-pyrrole nitrogens is 1. The van der Waals surface area contributed by atoms with E-state index in [1.54, 1.807) is 12.1 Å². The fourth-order valence-corrected chi connectivity index (χ4v) is 2.54. The third kappa shape index (κ3) is 2.10. The van der Waals surface area contributed by atoms with Gasteiger partial charge < -0.3 is 14.8 Å². The number of aromatic nitrogens is 2. The minimum atomic E-state index is -0.619. The summed E-state index contributed by atoms with van der Waals surface area (Å²) in [5.74, 6) is 0.129. The van der Waals surface area contributed by atoms with Gasteiger partial charge >= 0.3 is 0 Å². The molecule has 5 nitrogen and oxygen atoms in total. The predicted molar refractivity (Wildman–Crippen MR) is 74.5 cm³/mol. The third-order valence-electron chi connectivity index (χ3n) is 3.68. The van der Waals surface area contributed by atoms with E-state index in [1.807, 2.05) is 25.1 Å². The molecule has 2 N–H and O–H groups in total. The molecule has 1 saturated heterocycles. The first kappa shape index (κ1) is 12.9. The molecule has 0 spiro atoms. The highest BCUT2D eigenvalue weighted by molar-refractivity contribution is 5.67. The number of aromatic hydroxyl groups is 1. The molecule has 2 aromatic rings. The van der Waals surface area contributed by atoms with Gasteiger partial charge in [-0.25, -0.2) is 0 Å². The lowest BCUT2D eigenvalue weighted by Crippen LogP contribution is -2.27. The van der Waals surface area contributed by atoms with E-state index in [-0.39, 0.29) is 17.0 Å². The molecule has 1 aromatic carbocycles. The van der Waals surface area contributed by atoms with Crippen molar-refractivity contribution in [3.63, 3.8) is 0 Å². The Bertz CT molecular complexity index is 673. The Kier molecular flexibility index (Phi) is 3.06. The maximum absolute atomic E-state index is 12.2. The van der Waals surface area contributed by atoms with E-state index in [9.17, 15) is 9.90 Å². The number of hydrogen-bond donors (Lipinski definition) is 2. The van der Waals surface area contributed by atoms with Crippen LogP contribution in [0.15, 0.2) is 35.1 Å². The second-order valence-electron chi connectivity index (χ2n) is 5.16. The van der Waals surface area contributed by atoms with Crippen molar-refractivity contribution in [1.82, 2.24) is 9.97 Å². The third-order valence-corrected chi connectivity index (χ3v) is 3.68. The number of aromatic amines is 1. The number of ether oxygens (including phenoxy) is 1. The monoisotopic (exact) mass is 272 g/mol. The van der Waals surface area contributed by atoms with Gasteiger partial charge in [-0.3, -0.25) is 4.79 Å². The quantitative estimate of drug-likeness (QED) is 0.878. The van der Waals surface area contributed by atoms with Crippen LogP contribution < -0.4 is 5.56 Å². The highest BCUT2D eigenvalue weighted by atomic mass is 16.5. The van der Waals surface area contributed by atoms with E-state index in [4.69, 9.17) is 4.74 Å². The normalized spacial score (nSPS) is 22.1. The number of nitrogens with zero attached hydrogens (tertiary/aromatic N) is 1. The lowest BCUT2D eigenvalue weighted by Gasteiger charge is -2.22. The first-order valence-electron chi connectivity index (χ1n) is 6.63. The minimum Gasteiger partial charge on any atom is -0.493 e. The standard InChI is InChI=1S/C15H16N2O3/c1-15(8-5-9-20-15)14-16-12(18)11(13(19)17-14)10-6-3-2-4-7-10/h2-4,6-7H,5,8-9H2,1H3,(H2,16,17,18,19). The van der Waals surface area contributed by atoms with Gasteiger partial charge in [0.2, 0.25) is 5.88 Å². The molecule has 5 heteroatoms. The second-order valence-corrected chi connectivity index (χ2v) is 5.16. The van der Waals surface area contributed by atoms with Crippen LogP contribution in [0.2, 0.25) is 0 Å². The Hall–Kier alpha value is -2.14. The van der Waals surface area contributed by atoms with Gasteiger partial charge in [0.25, 0.3) is 5.56 Å². The molecule has 0 saturated carbocycles. The smallest absolute Gasteiger partial charge is 0.262 e. The Morgan fingerprint density at radius 2 is 2.10 bits per heavy atom. The Labute approximate surface area is 116 Å². The number of nitrogens with one attached hydrogen (secondary N) is 1. The fraction of sp³-hybridized carbons (Fsp3) is 0.333. The lowest BCUT2D eigenvalue weighted by atomic mass is 10.0. The summed E-state index contributed by atoms with van der Waals surface area (Å²) in [4.78, 5) is 19.1. The van der Waals surface area contributed by atoms with Gasteiger partial charge in [-0.15, -0.1) is 0 Å². The van der Waals surface area contributed by atoms with Crippen LogP contribution in [0.1, 0.15) is 25.6 Å². The summed E-state index contributed by atoms with van der Waals surface area (Å²) in [6.07, 6.45) is 1.70. The van der Waals surface area contributed by atoms with E-state index in [0.717, 1.165) is 12.8 Å². The molecule has 104 valence electrons. The summed E-state index contributed by atoms with van der Waals surface area (Å²) < 4.78 is 5.64. The molecule has 1 unspecified atom stereocenters. The van der Waals surface area contributed by atoms with Crippen molar-refractivity contribution in [1.29, 1.82) is 0 Å². The van der Waals surface area contributed by atoms with Crippen molar-refractivity contribution in [2.75, 3.05) is 6.61 Å². The van der Waals surface area contributed by atoms with Crippen LogP contribution in [0.25, 0.3) is 11.1 Å². The summed E-state index contributed by atoms with van der Waals surface area (Å²) in [5, 5.41) is 10.1. The topological polar surface area (TPSA) is 75.2 Å². The first-order chi connectivity index (χ1) is 9.60. The maximum Gasteiger partial charge on any atom is 0.262 e. The minimum absolute atomic E-state index is 0.191. The van der Waals surface area contributed by atoms with Gasteiger partial charge in [0, 0.05) is 6.61 Å². The average Bonchev–Trinajstić information content (AvgIpc) is 2.87. The first-order valence-corrected chi connectivity index (χ1v) is 6.63. The van der Waals surface area contributed by atoms with Crippen molar-refractivity contribution in [3.8, 4) is 17.0 Å². The second kappa shape index (κ2) is 4.76. The summed E-state index contributed by atoms with van der Waals surface area (Å²) >= 11 is 0. The maximum atomic E-state index is 12.2. The van der Waals surface area contributed by atoms with Crippen molar-refractivity contribution in [3.05, 3.63) is 46.5 Å². The number of benzene rings is 1. The van der Waals surface area contributed by atoms with Crippen molar-refractivity contribution in [2.24, 2.45) is 0 Å². The highest BCUT2D eigenvalue weighted by Gasteiger charge is 2.35. The van der Waals surface area contributed by atoms with Gasteiger partial charge in [0.05, 0.1) is 0 Å². The molecule has 20 heavy (non-hydrogen) atoms. The molecule has 3 rings (SSSR count). The summed E-state index contributed by atoms with van der Waals surface area (Å²) in [6, 6.07) is 9.00. The zero-order valence-electron chi connectivity index (χ0n) is 11.2. The molecule has 0 radical (unpaired) electrons.